The molecule has 3 aromatic heterocycles. The average Bonchev–Trinajstić information content (AvgIpc) is 3.31. The Bertz CT molecular complexity index is 985. The predicted molar refractivity (Wildman–Crippen MR) is 94.2 cm³/mol. The number of hydrogen-bond acceptors (Lipinski definition) is 5. The number of carbonyl (C=O) groups is 1. The van der Waals surface area contributed by atoms with Crippen LogP contribution in [0.1, 0.15) is 34.6 Å². The summed E-state index contributed by atoms with van der Waals surface area (Å²) in [6, 6.07) is 3.52. The summed E-state index contributed by atoms with van der Waals surface area (Å²) in [7, 11) is 0. The number of anilines is 2. The zero-order valence-corrected chi connectivity index (χ0v) is 14.8. The first-order valence-electron chi connectivity index (χ1n) is 8.20. The van der Waals surface area contributed by atoms with Crippen molar-refractivity contribution in [3.63, 3.8) is 0 Å². The fourth-order valence-electron chi connectivity index (χ4n) is 3.04. The molecular weight excluding hydrogens is 399 g/mol. The van der Waals surface area contributed by atoms with Gasteiger partial charge in [0.05, 0.1) is 23.5 Å². The first-order valence-corrected chi connectivity index (χ1v) is 8.58. The molecule has 0 saturated carbocycles. The van der Waals surface area contributed by atoms with Crippen LogP contribution in [0.25, 0.3) is 0 Å². The second-order valence-corrected chi connectivity index (χ2v) is 6.61. The summed E-state index contributed by atoms with van der Waals surface area (Å²) in [5, 5.41) is 9.63. The summed E-state index contributed by atoms with van der Waals surface area (Å²) < 4.78 is 46.8. The molecule has 0 saturated heterocycles. The Kier molecular flexibility index (Phi) is 4.50. The number of halogens is 4. The lowest BCUT2D eigenvalue weighted by Gasteiger charge is -2.32. The van der Waals surface area contributed by atoms with E-state index in [4.69, 9.17) is 16.0 Å². The van der Waals surface area contributed by atoms with E-state index in [1.165, 1.54) is 24.6 Å². The van der Waals surface area contributed by atoms with Gasteiger partial charge in [0.15, 0.2) is 6.04 Å². The van der Waals surface area contributed by atoms with Crippen LogP contribution in [0.2, 0.25) is 5.02 Å². The van der Waals surface area contributed by atoms with Crippen molar-refractivity contribution in [1.29, 1.82) is 0 Å². The van der Waals surface area contributed by atoms with Crippen LogP contribution in [0.3, 0.4) is 0 Å². The minimum atomic E-state index is -4.54. The lowest BCUT2D eigenvalue weighted by Crippen LogP contribution is -2.36. The number of aromatic nitrogens is 3. The van der Waals surface area contributed by atoms with Gasteiger partial charge in [-0.15, -0.1) is 0 Å². The molecule has 3 aromatic rings. The fraction of sp³-hybridized carbons (Fsp3) is 0.235. The molecule has 1 amide bonds. The number of furan rings is 1. The molecule has 2 unspecified atom stereocenters. The molecule has 28 heavy (non-hydrogen) atoms. The normalized spacial score (nSPS) is 19.0. The number of nitrogens with zero attached hydrogens (tertiary/aromatic N) is 3. The van der Waals surface area contributed by atoms with E-state index in [9.17, 15) is 18.0 Å². The van der Waals surface area contributed by atoms with E-state index < -0.39 is 24.2 Å². The Balaban J connectivity index is 1.67. The van der Waals surface area contributed by atoms with Gasteiger partial charge in [-0.2, -0.15) is 18.3 Å². The maximum absolute atomic E-state index is 13.6. The van der Waals surface area contributed by atoms with Crippen LogP contribution in [-0.2, 0) is 0 Å². The van der Waals surface area contributed by atoms with E-state index in [2.05, 4.69) is 20.7 Å². The minimum absolute atomic E-state index is 0.0396. The number of alkyl halides is 3. The molecule has 146 valence electrons. The highest BCUT2D eigenvalue weighted by atomic mass is 35.5. The summed E-state index contributed by atoms with van der Waals surface area (Å²) in [6.07, 6.45) is -1.04. The predicted octanol–water partition coefficient (Wildman–Crippen LogP) is 4.44. The summed E-state index contributed by atoms with van der Waals surface area (Å²) in [6.45, 7) is 0. The van der Waals surface area contributed by atoms with Crippen LogP contribution in [0.5, 0.6) is 0 Å². The van der Waals surface area contributed by atoms with Gasteiger partial charge < -0.3 is 15.1 Å². The molecule has 4 rings (SSSR count). The fourth-order valence-corrected chi connectivity index (χ4v) is 3.15. The lowest BCUT2D eigenvalue weighted by atomic mass is 10.0. The van der Waals surface area contributed by atoms with Crippen LogP contribution >= 0.6 is 11.6 Å². The molecule has 11 heteroatoms. The number of amides is 1. The van der Waals surface area contributed by atoms with Crippen LogP contribution in [-0.4, -0.2) is 26.8 Å². The van der Waals surface area contributed by atoms with Crippen LogP contribution in [0.15, 0.2) is 47.3 Å². The van der Waals surface area contributed by atoms with E-state index in [-0.39, 0.29) is 23.6 Å². The van der Waals surface area contributed by atoms with E-state index in [0.717, 1.165) is 10.9 Å². The molecule has 0 fully saturated rings. The van der Waals surface area contributed by atoms with Gasteiger partial charge in [-0.3, -0.25) is 4.79 Å². The highest BCUT2D eigenvalue weighted by Gasteiger charge is 2.47. The quantitative estimate of drug-likeness (QED) is 0.665. The maximum atomic E-state index is 13.6. The first-order chi connectivity index (χ1) is 13.3. The molecule has 0 spiro atoms. The van der Waals surface area contributed by atoms with E-state index in [1.54, 1.807) is 12.1 Å². The van der Waals surface area contributed by atoms with Crippen molar-refractivity contribution in [3.8, 4) is 0 Å². The third kappa shape index (κ3) is 3.42. The second kappa shape index (κ2) is 6.86. The SMILES string of the molecule is O=C(Nc1ccc(Cl)cn1)c1cnn2c1NC(c1ccco1)CC2C(F)(F)F. The highest BCUT2D eigenvalue weighted by Crippen LogP contribution is 2.44. The van der Waals surface area contributed by atoms with Crippen molar-refractivity contribution in [2.75, 3.05) is 10.6 Å². The molecule has 4 heterocycles. The van der Waals surface area contributed by atoms with E-state index in [0.29, 0.717) is 10.8 Å². The van der Waals surface area contributed by atoms with Crippen LogP contribution in [0.4, 0.5) is 24.8 Å². The van der Waals surface area contributed by atoms with Gasteiger partial charge >= 0.3 is 6.18 Å². The summed E-state index contributed by atoms with van der Waals surface area (Å²) >= 11 is 5.75. The Labute approximate surface area is 161 Å². The maximum Gasteiger partial charge on any atom is 0.410 e. The Morgan fingerprint density at radius 2 is 2.14 bits per heavy atom. The molecular formula is C17H13ClF3N5O2. The van der Waals surface area contributed by atoms with Crippen molar-refractivity contribution in [1.82, 2.24) is 14.8 Å². The van der Waals surface area contributed by atoms with Gasteiger partial charge in [0, 0.05) is 12.6 Å². The van der Waals surface area contributed by atoms with Crippen LogP contribution in [0, 0.1) is 0 Å². The third-order valence-corrected chi connectivity index (χ3v) is 4.56. The Hall–Kier alpha value is -3.01. The molecule has 7 nitrogen and oxygen atoms in total. The third-order valence-electron chi connectivity index (χ3n) is 4.34. The van der Waals surface area contributed by atoms with Gasteiger partial charge in [-0.1, -0.05) is 11.6 Å². The molecule has 0 radical (unpaired) electrons. The lowest BCUT2D eigenvalue weighted by molar-refractivity contribution is -0.174. The van der Waals surface area contributed by atoms with E-state index >= 15 is 0 Å². The number of pyridine rings is 1. The number of hydrogen-bond donors (Lipinski definition) is 2. The molecule has 0 bridgehead atoms. The molecule has 2 N–H and O–H groups in total. The first kappa shape index (κ1) is 18.4. The largest absolute Gasteiger partial charge is 0.467 e. The minimum Gasteiger partial charge on any atom is -0.467 e. The van der Waals surface area contributed by atoms with E-state index in [1.807, 2.05) is 0 Å². The molecule has 0 aromatic carbocycles. The van der Waals surface area contributed by atoms with Crippen molar-refractivity contribution in [2.24, 2.45) is 0 Å². The summed E-state index contributed by atoms with van der Waals surface area (Å²) in [5.41, 5.74) is -0.0396. The summed E-state index contributed by atoms with van der Waals surface area (Å²) in [5.74, 6) is -0.140. The highest BCUT2D eigenvalue weighted by molar-refractivity contribution is 6.30. The Morgan fingerprint density at radius 3 is 2.79 bits per heavy atom. The molecule has 1 aliphatic rings. The smallest absolute Gasteiger partial charge is 0.410 e. The molecule has 0 aliphatic carbocycles. The zero-order valence-electron chi connectivity index (χ0n) is 14.1. The zero-order chi connectivity index (χ0) is 19.9. The summed E-state index contributed by atoms with van der Waals surface area (Å²) in [4.78, 5) is 16.5. The second-order valence-electron chi connectivity index (χ2n) is 6.17. The Morgan fingerprint density at radius 1 is 1.32 bits per heavy atom. The average molecular weight is 412 g/mol. The van der Waals surface area contributed by atoms with Gasteiger partial charge in [0.1, 0.15) is 23.0 Å². The van der Waals surface area contributed by atoms with Gasteiger partial charge in [0.2, 0.25) is 0 Å². The van der Waals surface area contributed by atoms with Gasteiger partial charge in [-0.25, -0.2) is 9.67 Å². The van der Waals surface area contributed by atoms with Gasteiger partial charge in [0.25, 0.3) is 5.91 Å². The van der Waals surface area contributed by atoms with Crippen LogP contribution < -0.4 is 10.6 Å². The monoisotopic (exact) mass is 411 g/mol. The number of rotatable bonds is 3. The standard InChI is InChI=1S/C17H13ClF3N5O2/c18-9-3-4-14(22-7-9)25-16(27)10-8-23-26-13(17(19,20)21)6-11(24-15(10)26)12-2-1-5-28-12/h1-5,7-8,11,13,24H,6H2,(H,22,25,27). The van der Waals surface area contributed by atoms with Crippen molar-refractivity contribution < 1.29 is 22.4 Å². The van der Waals surface area contributed by atoms with Crippen molar-refractivity contribution in [3.05, 3.63) is 59.3 Å². The number of carbonyl (C=O) groups excluding carboxylic acids is 1. The topological polar surface area (TPSA) is 85.0 Å². The molecule has 2 atom stereocenters. The van der Waals surface area contributed by atoms with Gasteiger partial charge in [-0.05, 0) is 24.3 Å². The number of nitrogens with one attached hydrogen (secondary N) is 2. The van der Waals surface area contributed by atoms with Crippen molar-refractivity contribution in [2.45, 2.75) is 24.7 Å². The number of fused-ring (bicyclic) bond motifs is 1. The van der Waals surface area contributed by atoms with Crippen molar-refractivity contribution >= 4 is 29.1 Å². The molecule has 1 aliphatic heterocycles.